The lowest BCUT2D eigenvalue weighted by Gasteiger charge is -2.20. The number of nitrogens with one attached hydrogen (secondary N) is 2. The monoisotopic (exact) mass is 366 g/mol. The minimum absolute atomic E-state index is 0.405. The Morgan fingerprint density at radius 3 is 2.67 bits per heavy atom. The van der Waals surface area contributed by atoms with E-state index < -0.39 is 0 Å². The summed E-state index contributed by atoms with van der Waals surface area (Å²) in [6, 6.07) is 19.4. The van der Waals surface area contributed by atoms with Gasteiger partial charge in [0.2, 0.25) is 0 Å². The molecular formula is C22H30N4O. The first-order chi connectivity index (χ1) is 13.2. The summed E-state index contributed by atoms with van der Waals surface area (Å²) in [7, 11) is 1.81. The van der Waals surface area contributed by atoms with E-state index in [0.29, 0.717) is 19.3 Å². The van der Waals surface area contributed by atoms with E-state index >= 15 is 0 Å². The minimum Gasteiger partial charge on any atom is -0.375 e. The number of aliphatic imine (C=N–C) groups is 1. The van der Waals surface area contributed by atoms with Crippen molar-refractivity contribution in [3.63, 3.8) is 0 Å². The smallest absolute Gasteiger partial charge is 0.191 e. The summed E-state index contributed by atoms with van der Waals surface area (Å²) >= 11 is 0. The summed E-state index contributed by atoms with van der Waals surface area (Å²) in [4.78, 5) is 6.76. The van der Waals surface area contributed by atoms with Gasteiger partial charge in [-0.05, 0) is 31.0 Å². The van der Waals surface area contributed by atoms with Gasteiger partial charge in [-0.15, -0.1) is 0 Å². The van der Waals surface area contributed by atoms with Crippen LogP contribution >= 0.6 is 0 Å². The molecule has 2 aromatic carbocycles. The normalized spacial score (nSPS) is 17.2. The van der Waals surface area contributed by atoms with Crippen LogP contribution in [0.15, 0.2) is 59.6 Å². The third kappa shape index (κ3) is 6.00. The number of nitrogens with zero attached hydrogens (tertiary/aromatic N) is 2. The molecule has 0 radical (unpaired) electrons. The molecule has 0 saturated carbocycles. The maximum atomic E-state index is 5.72. The quantitative estimate of drug-likeness (QED) is 0.449. The van der Waals surface area contributed by atoms with Crippen molar-refractivity contribution >= 4 is 11.6 Å². The van der Waals surface area contributed by atoms with Crippen LogP contribution in [0.4, 0.5) is 5.69 Å². The van der Waals surface area contributed by atoms with Gasteiger partial charge in [0.1, 0.15) is 0 Å². The van der Waals surface area contributed by atoms with Crippen molar-refractivity contribution in [1.29, 1.82) is 0 Å². The van der Waals surface area contributed by atoms with E-state index in [1.54, 1.807) is 0 Å². The van der Waals surface area contributed by atoms with E-state index in [1.165, 1.54) is 16.8 Å². The van der Waals surface area contributed by atoms with Gasteiger partial charge in [-0.3, -0.25) is 4.99 Å². The average Bonchev–Trinajstić information content (AvgIpc) is 3.16. The molecule has 27 heavy (non-hydrogen) atoms. The molecule has 3 rings (SSSR count). The first-order valence-corrected chi connectivity index (χ1v) is 9.65. The standard InChI is InChI=1S/C22H30N4O/c1-18-8-10-21(11-9-18)26-14-12-20(16-26)25-22(23-2)24-13-15-27-17-19-6-4-3-5-7-19/h3-11,20H,12-17H2,1-2H3,(H2,23,24,25). The van der Waals surface area contributed by atoms with E-state index in [1.807, 2.05) is 25.2 Å². The van der Waals surface area contributed by atoms with Crippen LogP contribution in [0.1, 0.15) is 17.5 Å². The van der Waals surface area contributed by atoms with Crippen LogP contribution in [0.3, 0.4) is 0 Å². The number of hydrogen-bond donors (Lipinski definition) is 2. The molecule has 1 aliphatic heterocycles. The molecule has 0 bridgehead atoms. The van der Waals surface area contributed by atoms with Gasteiger partial charge in [-0.25, -0.2) is 0 Å². The van der Waals surface area contributed by atoms with Crippen LogP contribution in [-0.4, -0.2) is 45.3 Å². The molecule has 0 spiro atoms. The molecule has 0 aromatic heterocycles. The van der Waals surface area contributed by atoms with Gasteiger partial charge < -0.3 is 20.3 Å². The summed E-state index contributed by atoms with van der Waals surface area (Å²) in [6.45, 7) is 6.21. The molecule has 1 atom stereocenters. The molecule has 2 aromatic rings. The second kappa shape index (κ2) is 9.97. The number of benzene rings is 2. The van der Waals surface area contributed by atoms with E-state index in [2.05, 4.69) is 63.8 Å². The molecule has 5 heteroatoms. The number of rotatable bonds is 7. The molecular weight excluding hydrogens is 336 g/mol. The Morgan fingerprint density at radius 1 is 1.15 bits per heavy atom. The molecule has 5 nitrogen and oxygen atoms in total. The molecule has 2 N–H and O–H groups in total. The van der Waals surface area contributed by atoms with Crippen LogP contribution in [0.2, 0.25) is 0 Å². The fraction of sp³-hybridized carbons (Fsp3) is 0.409. The Bertz CT molecular complexity index is 715. The molecule has 0 amide bonds. The van der Waals surface area contributed by atoms with Gasteiger partial charge in [0.25, 0.3) is 0 Å². The minimum atomic E-state index is 0.405. The first kappa shape index (κ1) is 19.2. The van der Waals surface area contributed by atoms with Crippen molar-refractivity contribution in [3.8, 4) is 0 Å². The summed E-state index contributed by atoms with van der Waals surface area (Å²) in [5.74, 6) is 0.842. The Labute approximate surface area is 162 Å². The van der Waals surface area contributed by atoms with E-state index in [9.17, 15) is 0 Å². The van der Waals surface area contributed by atoms with Gasteiger partial charge in [-0.1, -0.05) is 48.0 Å². The molecule has 0 aliphatic carbocycles. The zero-order valence-electron chi connectivity index (χ0n) is 16.3. The summed E-state index contributed by atoms with van der Waals surface area (Å²) in [6.07, 6.45) is 1.11. The zero-order valence-corrected chi connectivity index (χ0v) is 16.3. The van der Waals surface area contributed by atoms with Gasteiger partial charge in [0.15, 0.2) is 5.96 Å². The van der Waals surface area contributed by atoms with Crippen molar-refractivity contribution in [3.05, 3.63) is 65.7 Å². The van der Waals surface area contributed by atoms with Gasteiger partial charge in [0.05, 0.1) is 13.2 Å². The Kier molecular flexibility index (Phi) is 7.11. The van der Waals surface area contributed by atoms with Crippen LogP contribution in [0.25, 0.3) is 0 Å². The second-order valence-electron chi connectivity index (χ2n) is 6.95. The highest BCUT2D eigenvalue weighted by molar-refractivity contribution is 5.80. The molecule has 144 valence electrons. The van der Waals surface area contributed by atoms with Crippen molar-refractivity contribution in [2.24, 2.45) is 4.99 Å². The molecule has 1 aliphatic rings. The summed E-state index contributed by atoms with van der Waals surface area (Å²) in [5.41, 5.74) is 3.79. The number of anilines is 1. The number of aryl methyl sites for hydroxylation is 1. The van der Waals surface area contributed by atoms with Crippen molar-refractivity contribution in [1.82, 2.24) is 10.6 Å². The fourth-order valence-corrected chi connectivity index (χ4v) is 3.26. The molecule has 1 unspecified atom stereocenters. The maximum absolute atomic E-state index is 5.72. The number of hydrogen-bond acceptors (Lipinski definition) is 3. The zero-order chi connectivity index (χ0) is 18.9. The topological polar surface area (TPSA) is 48.9 Å². The van der Waals surface area contributed by atoms with E-state index in [0.717, 1.165) is 32.0 Å². The van der Waals surface area contributed by atoms with Crippen molar-refractivity contribution in [2.45, 2.75) is 26.0 Å². The lowest BCUT2D eigenvalue weighted by Crippen LogP contribution is -2.45. The number of guanidine groups is 1. The van der Waals surface area contributed by atoms with Gasteiger partial charge in [-0.2, -0.15) is 0 Å². The summed E-state index contributed by atoms with van der Waals surface area (Å²) in [5, 5.41) is 6.87. The van der Waals surface area contributed by atoms with E-state index in [-0.39, 0.29) is 0 Å². The SMILES string of the molecule is CN=C(NCCOCc1ccccc1)NC1CCN(c2ccc(C)cc2)C1. The molecule has 1 fully saturated rings. The predicted octanol–water partition coefficient (Wildman–Crippen LogP) is 2.96. The lowest BCUT2D eigenvalue weighted by atomic mass is 10.2. The Balaban J connectivity index is 1.36. The third-order valence-electron chi connectivity index (χ3n) is 4.80. The predicted molar refractivity (Wildman–Crippen MR) is 112 cm³/mol. The second-order valence-corrected chi connectivity index (χ2v) is 6.95. The van der Waals surface area contributed by atoms with Crippen molar-refractivity contribution in [2.75, 3.05) is 38.2 Å². The van der Waals surface area contributed by atoms with Crippen molar-refractivity contribution < 1.29 is 4.74 Å². The fourth-order valence-electron chi connectivity index (χ4n) is 3.26. The first-order valence-electron chi connectivity index (χ1n) is 9.65. The van der Waals surface area contributed by atoms with Gasteiger partial charge >= 0.3 is 0 Å². The number of ether oxygens (including phenoxy) is 1. The van der Waals surface area contributed by atoms with Crippen LogP contribution in [0, 0.1) is 6.92 Å². The molecule has 1 saturated heterocycles. The Hall–Kier alpha value is -2.53. The molecule has 1 heterocycles. The third-order valence-corrected chi connectivity index (χ3v) is 4.80. The highest BCUT2D eigenvalue weighted by atomic mass is 16.5. The van der Waals surface area contributed by atoms with Gasteiger partial charge in [0, 0.05) is 38.4 Å². The van der Waals surface area contributed by atoms with Crippen LogP contribution in [0.5, 0.6) is 0 Å². The highest BCUT2D eigenvalue weighted by Crippen LogP contribution is 2.20. The maximum Gasteiger partial charge on any atom is 0.191 e. The Morgan fingerprint density at radius 2 is 1.93 bits per heavy atom. The van der Waals surface area contributed by atoms with E-state index in [4.69, 9.17) is 4.74 Å². The lowest BCUT2D eigenvalue weighted by molar-refractivity contribution is 0.125. The highest BCUT2D eigenvalue weighted by Gasteiger charge is 2.23. The largest absolute Gasteiger partial charge is 0.375 e. The van der Waals surface area contributed by atoms with Crippen LogP contribution < -0.4 is 15.5 Å². The summed E-state index contributed by atoms with van der Waals surface area (Å²) < 4.78 is 5.72. The average molecular weight is 367 g/mol. The van der Waals surface area contributed by atoms with Crippen LogP contribution in [-0.2, 0) is 11.3 Å².